The predicted molar refractivity (Wildman–Crippen MR) is 130 cm³/mol. The minimum atomic E-state index is -0.879. The van der Waals surface area contributed by atoms with E-state index < -0.39 is 11.9 Å². The molecule has 0 amide bonds. The minimum Gasteiger partial charge on any atom is -0.478 e. The second-order valence-corrected chi connectivity index (χ2v) is 6.39. The van der Waals surface area contributed by atoms with E-state index in [2.05, 4.69) is 20.2 Å². The maximum atomic E-state index is 10.2. The van der Waals surface area contributed by atoms with Crippen LogP contribution in [0.4, 0.5) is 0 Å². The van der Waals surface area contributed by atoms with Crippen LogP contribution in [-0.4, -0.2) is 44.5 Å². The molecule has 0 radical (unpaired) electrons. The van der Waals surface area contributed by atoms with Crippen LogP contribution in [0.1, 0.15) is 31.8 Å². The number of benzene rings is 2. The molecular formula is C26H22N4O4. The molecular weight excluding hydrogens is 432 g/mol. The van der Waals surface area contributed by atoms with E-state index in [9.17, 15) is 9.59 Å². The van der Waals surface area contributed by atoms with Crippen LogP contribution >= 0.6 is 0 Å². The van der Waals surface area contributed by atoms with Gasteiger partial charge in [0.2, 0.25) is 0 Å². The molecule has 0 unspecified atom stereocenters. The van der Waals surface area contributed by atoms with Crippen molar-refractivity contribution in [1.29, 1.82) is 0 Å². The number of nitrogens with zero attached hydrogens (tertiary/aromatic N) is 4. The van der Waals surface area contributed by atoms with E-state index in [1.165, 1.54) is 0 Å². The van der Waals surface area contributed by atoms with E-state index in [0.29, 0.717) is 11.1 Å². The maximum Gasteiger partial charge on any atom is 0.335 e. The molecule has 2 aromatic carbocycles. The van der Waals surface area contributed by atoms with Crippen LogP contribution in [0.25, 0.3) is 0 Å². The number of rotatable bonds is 5. The van der Waals surface area contributed by atoms with Gasteiger partial charge in [-0.25, -0.2) is 9.59 Å². The molecule has 0 saturated carbocycles. The first-order valence-corrected chi connectivity index (χ1v) is 9.99. The summed E-state index contributed by atoms with van der Waals surface area (Å²) in [4.78, 5) is 28.2. The molecule has 0 aliphatic carbocycles. The van der Waals surface area contributed by atoms with Crippen molar-refractivity contribution in [3.63, 3.8) is 0 Å². The quantitative estimate of drug-likeness (QED) is 0.333. The summed E-state index contributed by atoms with van der Waals surface area (Å²) in [6, 6.07) is 24.1. The van der Waals surface area contributed by atoms with Gasteiger partial charge in [-0.05, 0) is 59.7 Å². The molecule has 8 heteroatoms. The molecule has 0 bridgehead atoms. The fourth-order valence-corrected chi connectivity index (χ4v) is 2.26. The zero-order valence-electron chi connectivity index (χ0n) is 18.0. The second kappa shape index (κ2) is 14.9. The Bertz CT molecular complexity index is 1090. The van der Waals surface area contributed by atoms with Crippen molar-refractivity contribution in [2.24, 2.45) is 10.2 Å². The first-order valence-electron chi connectivity index (χ1n) is 9.99. The van der Waals surface area contributed by atoms with Crippen molar-refractivity contribution in [2.45, 2.75) is 0 Å². The van der Waals surface area contributed by atoms with E-state index in [1.807, 2.05) is 24.3 Å². The molecule has 4 rings (SSSR count). The average molecular weight is 454 g/mol. The molecule has 0 saturated heterocycles. The van der Waals surface area contributed by atoms with Crippen LogP contribution in [0.3, 0.4) is 0 Å². The van der Waals surface area contributed by atoms with Gasteiger partial charge in [0.1, 0.15) is 0 Å². The summed E-state index contributed by atoms with van der Waals surface area (Å²) in [7, 11) is 0. The van der Waals surface area contributed by atoms with Crippen molar-refractivity contribution in [3.05, 3.63) is 132 Å². The van der Waals surface area contributed by atoms with Gasteiger partial charge in [0.05, 0.1) is 23.6 Å². The summed E-state index contributed by atoms with van der Waals surface area (Å²) in [6.45, 7) is 0. The first kappa shape index (κ1) is 25.3. The lowest BCUT2D eigenvalue weighted by Crippen LogP contribution is -1.93. The van der Waals surface area contributed by atoms with Crippen LogP contribution < -0.4 is 0 Å². The molecule has 34 heavy (non-hydrogen) atoms. The van der Waals surface area contributed by atoms with Gasteiger partial charge >= 0.3 is 11.9 Å². The van der Waals surface area contributed by atoms with Gasteiger partial charge < -0.3 is 10.2 Å². The topological polar surface area (TPSA) is 125 Å². The smallest absolute Gasteiger partial charge is 0.335 e. The summed E-state index contributed by atoms with van der Waals surface area (Å²) in [6.07, 6.45) is 10.2. The number of carbonyl (C=O) groups is 2. The van der Waals surface area contributed by atoms with Crippen molar-refractivity contribution in [3.8, 4) is 0 Å². The molecule has 170 valence electrons. The standard InChI is InChI=1S/C12H10N4.2C7H6O2/c1-5-13-6-2-11(1)9-15-16-10-12-3-7-14-8-4-12;2*8-7(9)6-4-2-1-3-5-6/h1-10H;2*1-5H,(H,8,9)/b15-9+,16-10+;;. The van der Waals surface area contributed by atoms with Crippen molar-refractivity contribution < 1.29 is 19.8 Å². The van der Waals surface area contributed by atoms with Gasteiger partial charge in [0.25, 0.3) is 0 Å². The highest BCUT2D eigenvalue weighted by molar-refractivity contribution is 5.87. The Kier molecular flexibility index (Phi) is 11.1. The summed E-state index contributed by atoms with van der Waals surface area (Å²) in [5, 5.41) is 24.6. The number of aromatic nitrogens is 2. The number of hydrogen-bond donors (Lipinski definition) is 2. The van der Waals surface area contributed by atoms with Gasteiger partial charge in [-0.15, -0.1) is 0 Å². The van der Waals surface area contributed by atoms with Gasteiger partial charge in [-0.1, -0.05) is 36.4 Å². The minimum absolute atomic E-state index is 0.331. The van der Waals surface area contributed by atoms with Gasteiger partial charge in [-0.3, -0.25) is 9.97 Å². The Morgan fingerprint density at radius 1 is 0.559 bits per heavy atom. The summed E-state index contributed by atoms with van der Waals surface area (Å²) in [5.41, 5.74) is 2.61. The Labute approximate surface area is 196 Å². The SMILES string of the molecule is C(=N\N=C\c1ccncc1)/c1ccncc1.O=C(O)c1ccccc1.O=C(O)c1ccccc1. The zero-order chi connectivity index (χ0) is 24.4. The summed E-state index contributed by atoms with van der Waals surface area (Å²) >= 11 is 0. The van der Waals surface area contributed by atoms with E-state index in [1.54, 1.807) is 97.9 Å². The Morgan fingerprint density at radius 2 is 0.882 bits per heavy atom. The van der Waals surface area contributed by atoms with Crippen molar-refractivity contribution >= 4 is 24.4 Å². The molecule has 0 spiro atoms. The third-order valence-electron chi connectivity index (χ3n) is 3.93. The van der Waals surface area contributed by atoms with Crippen LogP contribution in [0.15, 0.2) is 120 Å². The van der Waals surface area contributed by atoms with Gasteiger partial charge in [-0.2, -0.15) is 10.2 Å². The van der Waals surface area contributed by atoms with Crippen molar-refractivity contribution in [1.82, 2.24) is 9.97 Å². The monoisotopic (exact) mass is 454 g/mol. The number of pyridine rings is 2. The van der Waals surface area contributed by atoms with E-state index in [0.717, 1.165) is 11.1 Å². The zero-order valence-corrected chi connectivity index (χ0v) is 18.0. The van der Waals surface area contributed by atoms with E-state index in [4.69, 9.17) is 10.2 Å². The fourth-order valence-electron chi connectivity index (χ4n) is 2.26. The predicted octanol–water partition coefficient (Wildman–Crippen LogP) is 4.70. The van der Waals surface area contributed by atoms with E-state index >= 15 is 0 Å². The summed E-state index contributed by atoms with van der Waals surface area (Å²) in [5.74, 6) is -1.76. The lowest BCUT2D eigenvalue weighted by Gasteiger charge is -1.88. The number of aromatic carboxylic acids is 2. The molecule has 2 heterocycles. The summed E-state index contributed by atoms with van der Waals surface area (Å²) < 4.78 is 0. The molecule has 8 nitrogen and oxygen atoms in total. The second-order valence-electron chi connectivity index (χ2n) is 6.39. The Balaban J connectivity index is 0.000000194. The molecule has 0 aliphatic heterocycles. The maximum absolute atomic E-state index is 10.2. The van der Waals surface area contributed by atoms with Gasteiger partial charge in [0, 0.05) is 24.8 Å². The molecule has 4 aromatic rings. The number of carboxylic acids is 2. The highest BCUT2D eigenvalue weighted by Crippen LogP contribution is 1.97. The molecule has 2 aromatic heterocycles. The lowest BCUT2D eigenvalue weighted by molar-refractivity contribution is 0.0686. The number of hydrogen-bond acceptors (Lipinski definition) is 6. The van der Waals surface area contributed by atoms with Crippen LogP contribution in [0.5, 0.6) is 0 Å². The normalized spacial score (nSPS) is 10.0. The lowest BCUT2D eigenvalue weighted by atomic mass is 10.2. The van der Waals surface area contributed by atoms with Crippen LogP contribution in [0, 0.1) is 0 Å². The molecule has 2 N–H and O–H groups in total. The fraction of sp³-hybridized carbons (Fsp3) is 0. The molecule has 0 atom stereocenters. The third-order valence-corrected chi connectivity index (χ3v) is 3.93. The molecule has 0 aliphatic rings. The Hall–Kier alpha value is -4.98. The average Bonchev–Trinajstić information content (AvgIpc) is 2.90. The van der Waals surface area contributed by atoms with Crippen LogP contribution in [0.2, 0.25) is 0 Å². The number of carboxylic acid groups (broad SMARTS) is 2. The highest BCUT2D eigenvalue weighted by Gasteiger charge is 1.97. The van der Waals surface area contributed by atoms with Gasteiger partial charge in [0.15, 0.2) is 0 Å². The first-order chi connectivity index (χ1) is 16.6. The van der Waals surface area contributed by atoms with E-state index in [-0.39, 0.29) is 0 Å². The Morgan fingerprint density at radius 3 is 1.15 bits per heavy atom. The third kappa shape index (κ3) is 10.4. The highest BCUT2D eigenvalue weighted by atomic mass is 16.4. The molecule has 0 fully saturated rings. The van der Waals surface area contributed by atoms with Crippen molar-refractivity contribution in [2.75, 3.05) is 0 Å². The van der Waals surface area contributed by atoms with Crippen LogP contribution in [-0.2, 0) is 0 Å². The largest absolute Gasteiger partial charge is 0.478 e.